The summed E-state index contributed by atoms with van der Waals surface area (Å²) in [6, 6.07) is 12.9. The second-order valence-corrected chi connectivity index (χ2v) is 6.84. The molecule has 2 aromatic rings. The lowest BCUT2D eigenvalue weighted by Gasteiger charge is -2.20. The summed E-state index contributed by atoms with van der Waals surface area (Å²) in [5, 5.41) is 10.9. The van der Waals surface area contributed by atoms with Crippen LogP contribution in [0.2, 0.25) is 0 Å². The third-order valence-electron chi connectivity index (χ3n) is 3.78. The molecule has 134 valence electrons. The van der Waals surface area contributed by atoms with Gasteiger partial charge >= 0.3 is 0 Å². The van der Waals surface area contributed by atoms with E-state index in [1.54, 1.807) is 6.07 Å². The molecule has 3 N–H and O–H groups in total. The fourth-order valence-corrected chi connectivity index (χ4v) is 3.12. The number of hydrogen-bond acceptors (Lipinski definition) is 4. The Labute approximate surface area is 152 Å². The lowest BCUT2D eigenvalue weighted by molar-refractivity contribution is -0.123. The highest BCUT2D eigenvalue weighted by Gasteiger charge is 2.22. The largest absolute Gasteiger partial charge is 0.353 e. The maximum Gasteiger partial charge on any atom is 0.262 e. The number of benzene rings is 1. The molecule has 0 saturated heterocycles. The monoisotopic (exact) mass is 359 g/mol. The van der Waals surface area contributed by atoms with Crippen molar-refractivity contribution in [2.24, 2.45) is 0 Å². The van der Waals surface area contributed by atoms with Crippen LogP contribution in [0.15, 0.2) is 47.8 Å². The molecule has 1 unspecified atom stereocenters. The average Bonchev–Trinajstić information content (AvgIpc) is 3.15. The van der Waals surface area contributed by atoms with E-state index in [4.69, 9.17) is 0 Å². The van der Waals surface area contributed by atoms with Crippen LogP contribution in [0.4, 0.5) is 0 Å². The molecule has 2 amide bonds. The summed E-state index contributed by atoms with van der Waals surface area (Å²) >= 11 is 1.36. The molecule has 0 bridgehead atoms. The van der Waals surface area contributed by atoms with Crippen molar-refractivity contribution < 1.29 is 9.59 Å². The summed E-state index contributed by atoms with van der Waals surface area (Å²) in [4.78, 5) is 25.6. The maximum absolute atomic E-state index is 12.6. The van der Waals surface area contributed by atoms with Gasteiger partial charge in [0.25, 0.3) is 5.91 Å². The number of carbonyl (C=O) groups excluding carboxylic acids is 2. The van der Waals surface area contributed by atoms with Gasteiger partial charge in [0, 0.05) is 19.0 Å². The zero-order valence-corrected chi connectivity index (χ0v) is 15.4. The van der Waals surface area contributed by atoms with Crippen molar-refractivity contribution in [3.8, 4) is 0 Å². The Morgan fingerprint density at radius 2 is 1.88 bits per heavy atom. The van der Waals surface area contributed by atoms with Gasteiger partial charge in [0.1, 0.15) is 6.04 Å². The molecule has 2 rings (SSSR count). The third-order valence-corrected chi connectivity index (χ3v) is 4.65. The van der Waals surface area contributed by atoms with Gasteiger partial charge in [-0.25, -0.2) is 0 Å². The van der Waals surface area contributed by atoms with Crippen LogP contribution >= 0.6 is 11.3 Å². The van der Waals surface area contributed by atoms with Crippen molar-refractivity contribution >= 4 is 23.2 Å². The number of hydrogen-bond donors (Lipinski definition) is 3. The first-order valence-electron chi connectivity index (χ1n) is 8.49. The van der Waals surface area contributed by atoms with Crippen LogP contribution in [0.3, 0.4) is 0 Å². The van der Waals surface area contributed by atoms with Gasteiger partial charge in [-0.15, -0.1) is 11.3 Å². The molecule has 0 spiro atoms. The molecule has 2 atom stereocenters. The Morgan fingerprint density at radius 3 is 2.52 bits per heavy atom. The fraction of sp³-hybridized carbons (Fsp3) is 0.368. The molecule has 0 radical (unpaired) electrons. The van der Waals surface area contributed by atoms with Crippen molar-refractivity contribution in [2.75, 3.05) is 13.1 Å². The van der Waals surface area contributed by atoms with Crippen LogP contribution < -0.4 is 16.0 Å². The van der Waals surface area contributed by atoms with Gasteiger partial charge in [-0.1, -0.05) is 43.3 Å². The first-order valence-corrected chi connectivity index (χ1v) is 9.37. The van der Waals surface area contributed by atoms with Crippen molar-refractivity contribution in [1.29, 1.82) is 0 Å². The number of likely N-dealkylation sites (N-methyl/N-ethyl adjacent to an activating group) is 1. The molecule has 6 heteroatoms. The van der Waals surface area contributed by atoms with Crippen LogP contribution in [-0.4, -0.2) is 37.0 Å². The van der Waals surface area contributed by atoms with Gasteiger partial charge in [-0.3, -0.25) is 9.59 Å². The van der Waals surface area contributed by atoms with Gasteiger partial charge in [0.05, 0.1) is 4.88 Å². The van der Waals surface area contributed by atoms with E-state index in [2.05, 4.69) is 16.0 Å². The lowest BCUT2D eigenvalue weighted by Crippen LogP contribution is -2.50. The number of nitrogens with one attached hydrogen (secondary N) is 3. The van der Waals surface area contributed by atoms with Gasteiger partial charge in [-0.2, -0.15) is 0 Å². The standard InChI is InChI=1S/C19H25N3O2S/c1-3-20-14(2)13-21-18(23)16(12-15-8-5-4-6-9-15)22-19(24)17-10-7-11-25-17/h4-11,14,16,20H,3,12-13H2,1-2H3,(H,21,23)(H,22,24)/t14-,16?/m1/s1. The fourth-order valence-electron chi connectivity index (χ4n) is 2.49. The zero-order chi connectivity index (χ0) is 18.1. The predicted octanol–water partition coefficient (Wildman–Crippen LogP) is 2.20. The highest BCUT2D eigenvalue weighted by molar-refractivity contribution is 7.12. The van der Waals surface area contributed by atoms with Crippen LogP contribution in [0.5, 0.6) is 0 Å². The second-order valence-electron chi connectivity index (χ2n) is 5.90. The van der Waals surface area contributed by atoms with E-state index in [-0.39, 0.29) is 17.9 Å². The molecule has 1 aromatic carbocycles. The van der Waals surface area contributed by atoms with E-state index in [0.717, 1.165) is 12.1 Å². The number of amides is 2. The Morgan fingerprint density at radius 1 is 1.12 bits per heavy atom. The zero-order valence-electron chi connectivity index (χ0n) is 14.6. The summed E-state index contributed by atoms with van der Waals surface area (Å²) in [5.41, 5.74) is 1.01. The lowest BCUT2D eigenvalue weighted by atomic mass is 10.0. The van der Waals surface area contributed by atoms with Crippen molar-refractivity contribution in [3.63, 3.8) is 0 Å². The Hall–Kier alpha value is -2.18. The molecule has 0 saturated carbocycles. The summed E-state index contributed by atoms with van der Waals surface area (Å²) in [7, 11) is 0. The minimum Gasteiger partial charge on any atom is -0.353 e. The van der Waals surface area contributed by atoms with Crippen LogP contribution in [-0.2, 0) is 11.2 Å². The SMILES string of the molecule is CCN[C@H](C)CNC(=O)C(Cc1ccccc1)NC(=O)c1cccs1. The maximum atomic E-state index is 12.6. The molecule has 5 nitrogen and oxygen atoms in total. The topological polar surface area (TPSA) is 70.2 Å². The second kappa shape index (κ2) is 9.96. The first-order chi connectivity index (χ1) is 12.1. The first kappa shape index (κ1) is 19.1. The van der Waals surface area contributed by atoms with Crippen molar-refractivity contribution in [1.82, 2.24) is 16.0 Å². The normalized spacial score (nSPS) is 13.0. The molecule has 0 aliphatic carbocycles. The highest BCUT2D eigenvalue weighted by Crippen LogP contribution is 2.10. The van der Waals surface area contributed by atoms with Gasteiger partial charge < -0.3 is 16.0 Å². The van der Waals surface area contributed by atoms with E-state index in [0.29, 0.717) is 17.8 Å². The predicted molar refractivity (Wildman–Crippen MR) is 102 cm³/mol. The molecule has 0 aliphatic heterocycles. The molecular weight excluding hydrogens is 334 g/mol. The quantitative estimate of drug-likeness (QED) is 0.643. The molecule has 1 aromatic heterocycles. The Bertz CT molecular complexity index is 659. The number of thiophene rings is 1. The summed E-state index contributed by atoms with van der Waals surface area (Å²) in [5.74, 6) is -0.385. The van der Waals surface area contributed by atoms with Crippen molar-refractivity contribution in [2.45, 2.75) is 32.4 Å². The number of carbonyl (C=O) groups is 2. The van der Waals surface area contributed by atoms with E-state index in [9.17, 15) is 9.59 Å². The molecule has 25 heavy (non-hydrogen) atoms. The van der Waals surface area contributed by atoms with E-state index >= 15 is 0 Å². The van der Waals surface area contributed by atoms with Crippen LogP contribution in [0, 0.1) is 0 Å². The Kier molecular flexibility index (Phi) is 7.63. The van der Waals surface area contributed by atoms with E-state index < -0.39 is 6.04 Å². The van der Waals surface area contributed by atoms with Gasteiger partial charge in [-0.05, 0) is 30.5 Å². The third kappa shape index (κ3) is 6.32. The molecular formula is C19H25N3O2S. The van der Waals surface area contributed by atoms with Crippen LogP contribution in [0.25, 0.3) is 0 Å². The summed E-state index contributed by atoms with van der Waals surface area (Å²) in [6.07, 6.45) is 0.458. The van der Waals surface area contributed by atoms with E-state index in [1.807, 2.05) is 55.6 Å². The smallest absolute Gasteiger partial charge is 0.262 e. The Balaban J connectivity index is 2.02. The number of rotatable bonds is 9. The highest BCUT2D eigenvalue weighted by atomic mass is 32.1. The summed E-state index contributed by atoms with van der Waals surface area (Å²) in [6.45, 7) is 5.41. The van der Waals surface area contributed by atoms with Crippen LogP contribution in [0.1, 0.15) is 29.1 Å². The van der Waals surface area contributed by atoms with E-state index in [1.165, 1.54) is 11.3 Å². The van der Waals surface area contributed by atoms with Gasteiger partial charge in [0.15, 0.2) is 0 Å². The minimum atomic E-state index is -0.606. The molecule has 1 heterocycles. The average molecular weight is 359 g/mol. The molecule has 0 aliphatic rings. The van der Waals surface area contributed by atoms with Gasteiger partial charge in [0.2, 0.25) is 5.91 Å². The minimum absolute atomic E-state index is 0.168. The molecule has 0 fully saturated rings. The summed E-state index contributed by atoms with van der Waals surface area (Å²) < 4.78 is 0. The van der Waals surface area contributed by atoms with Crippen molar-refractivity contribution in [3.05, 3.63) is 58.3 Å².